The molecular formula is C34H37ClFN3O6. The number of nitrogens with one attached hydrogen (secondary N) is 2. The lowest BCUT2D eigenvalue weighted by molar-refractivity contribution is -0.144. The molecule has 0 aromatic heterocycles. The van der Waals surface area contributed by atoms with Crippen molar-refractivity contribution in [2.24, 2.45) is 5.41 Å². The number of ether oxygens (including phenoxy) is 2. The average molecular weight is 638 g/mol. The predicted molar refractivity (Wildman–Crippen MR) is 168 cm³/mol. The summed E-state index contributed by atoms with van der Waals surface area (Å²) >= 11 is 6.47. The standard InChI is InChI=1S/C34H37ClFN3O6/c1-21(40)37-17-23-8-7-10-24(14-23)32-27-15-26(35)12-13-29(27)39(19-34(3,4)20-44-22(2)41)33(43)30(45-32)16-31(42)38-18-25-9-5-6-11-28(25)36/h5-15,30,32H,16-20H2,1-4H3,(H,37,40)(H,38,42). The van der Waals surface area contributed by atoms with Crippen LogP contribution in [0.1, 0.15) is 62.5 Å². The van der Waals surface area contributed by atoms with Crippen LogP contribution in [0.3, 0.4) is 0 Å². The monoisotopic (exact) mass is 637 g/mol. The molecule has 0 radical (unpaired) electrons. The van der Waals surface area contributed by atoms with Crippen LogP contribution in [-0.2, 0) is 41.7 Å². The molecule has 1 aliphatic heterocycles. The Morgan fingerprint density at radius 1 is 1.00 bits per heavy atom. The fraction of sp³-hybridized carbons (Fsp3) is 0.353. The quantitative estimate of drug-likeness (QED) is 0.278. The highest BCUT2D eigenvalue weighted by Crippen LogP contribution is 2.41. The fourth-order valence-corrected chi connectivity index (χ4v) is 5.25. The molecule has 3 amide bonds. The van der Waals surface area contributed by atoms with Crippen LogP contribution in [0, 0.1) is 11.2 Å². The van der Waals surface area contributed by atoms with Gasteiger partial charge in [-0.1, -0.05) is 67.9 Å². The van der Waals surface area contributed by atoms with E-state index in [9.17, 15) is 23.6 Å². The second kappa shape index (κ2) is 14.7. The lowest BCUT2D eigenvalue weighted by Gasteiger charge is -2.33. The van der Waals surface area contributed by atoms with E-state index in [1.54, 1.807) is 41.3 Å². The van der Waals surface area contributed by atoms with Gasteiger partial charge in [0.15, 0.2) is 0 Å². The Morgan fingerprint density at radius 2 is 1.76 bits per heavy atom. The van der Waals surface area contributed by atoms with Gasteiger partial charge in [0.1, 0.15) is 18.0 Å². The fourth-order valence-electron chi connectivity index (χ4n) is 5.07. The number of esters is 1. The summed E-state index contributed by atoms with van der Waals surface area (Å²) in [5.74, 6) is -2.04. The number of nitrogens with zero attached hydrogens (tertiary/aromatic N) is 1. The first-order chi connectivity index (χ1) is 21.3. The molecule has 0 aliphatic carbocycles. The van der Waals surface area contributed by atoms with Gasteiger partial charge in [-0.05, 0) is 35.4 Å². The SMILES string of the molecule is CC(=O)NCc1cccc(C2OC(CC(=O)NCc3ccccc3F)C(=O)N(CC(C)(C)COC(C)=O)c3ccc(Cl)cc32)c1. The number of carbonyl (C=O) groups is 4. The highest BCUT2D eigenvalue weighted by Gasteiger charge is 2.40. The minimum Gasteiger partial charge on any atom is -0.465 e. The van der Waals surface area contributed by atoms with Crippen LogP contribution >= 0.6 is 11.6 Å². The van der Waals surface area contributed by atoms with E-state index >= 15 is 0 Å². The topological polar surface area (TPSA) is 114 Å². The summed E-state index contributed by atoms with van der Waals surface area (Å²) in [5, 5.41) is 5.90. The second-order valence-corrected chi connectivity index (χ2v) is 12.2. The normalized spacial score (nSPS) is 16.4. The number of rotatable bonds is 11. The third-order valence-corrected chi connectivity index (χ3v) is 7.49. The van der Waals surface area contributed by atoms with Gasteiger partial charge >= 0.3 is 5.97 Å². The van der Waals surface area contributed by atoms with E-state index < -0.39 is 41.2 Å². The average Bonchev–Trinajstić information content (AvgIpc) is 3.09. The summed E-state index contributed by atoms with van der Waals surface area (Å²) in [7, 11) is 0. The first-order valence-electron chi connectivity index (χ1n) is 14.6. The van der Waals surface area contributed by atoms with Gasteiger partial charge in [-0.25, -0.2) is 4.39 Å². The van der Waals surface area contributed by atoms with Crippen molar-refractivity contribution >= 4 is 41.0 Å². The maximum absolute atomic E-state index is 14.3. The van der Waals surface area contributed by atoms with Crippen molar-refractivity contribution in [3.8, 4) is 0 Å². The van der Waals surface area contributed by atoms with Crippen molar-refractivity contribution in [3.05, 3.63) is 99.8 Å². The van der Waals surface area contributed by atoms with Crippen LogP contribution in [0.15, 0.2) is 66.7 Å². The van der Waals surface area contributed by atoms with Crippen LogP contribution in [-0.4, -0.2) is 42.9 Å². The molecule has 1 aliphatic rings. The number of carbonyl (C=O) groups excluding carboxylic acids is 4. The maximum atomic E-state index is 14.3. The molecule has 0 fully saturated rings. The number of anilines is 1. The van der Waals surface area contributed by atoms with E-state index in [0.717, 1.165) is 5.56 Å². The Morgan fingerprint density at radius 3 is 2.47 bits per heavy atom. The van der Waals surface area contributed by atoms with Gasteiger partial charge < -0.3 is 25.0 Å². The molecule has 3 aromatic rings. The lowest BCUT2D eigenvalue weighted by Crippen LogP contribution is -2.46. The zero-order valence-electron chi connectivity index (χ0n) is 25.7. The van der Waals surface area contributed by atoms with Crippen molar-refractivity contribution in [2.45, 2.75) is 59.4 Å². The highest BCUT2D eigenvalue weighted by atomic mass is 35.5. The molecule has 9 nitrogen and oxygen atoms in total. The Kier molecular flexibility index (Phi) is 11.0. The van der Waals surface area contributed by atoms with Crippen molar-refractivity contribution in [1.82, 2.24) is 10.6 Å². The third kappa shape index (κ3) is 9.12. The third-order valence-electron chi connectivity index (χ3n) is 7.26. The van der Waals surface area contributed by atoms with Gasteiger partial charge in [0.25, 0.3) is 5.91 Å². The Balaban J connectivity index is 1.72. The molecule has 2 N–H and O–H groups in total. The molecule has 0 saturated heterocycles. The largest absolute Gasteiger partial charge is 0.465 e. The molecule has 3 aromatic carbocycles. The number of halogens is 2. The van der Waals surface area contributed by atoms with E-state index in [4.69, 9.17) is 21.1 Å². The first-order valence-corrected chi connectivity index (χ1v) is 14.9. The van der Waals surface area contributed by atoms with Gasteiger partial charge in [0.05, 0.1) is 13.0 Å². The Bertz CT molecular complexity index is 1580. The molecule has 4 rings (SSSR count). The highest BCUT2D eigenvalue weighted by molar-refractivity contribution is 6.30. The Labute approximate surface area is 267 Å². The summed E-state index contributed by atoms with van der Waals surface area (Å²) in [5.41, 5.74) is 2.27. The van der Waals surface area contributed by atoms with Gasteiger partial charge in [-0.2, -0.15) is 0 Å². The summed E-state index contributed by atoms with van der Waals surface area (Å²) in [6.45, 7) is 6.90. The smallest absolute Gasteiger partial charge is 0.302 e. The Hall–Kier alpha value is -4.28. The zero-order valence-corrected chi connectivity index (χ0v) is 26.4. The molecule has 1 heterocycles. The predicted octanol–water partition coefficient (Wildman–Crippen LogP) is 5.23. The second-order valence-electron chi connectivity index (χ2n) is 11.8. The number of hydrogen-bond acceptors (Lipinski definition) is 6. The van der Waals surface area contributed by atoms with Crippen molar-refractivity contribution in [1.29, 1.82) is 0 Å². The van der Waals surface area contributed by atoms with E-state index in [1.165, 1.54) is 19.9 Å². The molecule has 2 atom stereocenters. The maximum Gasteiger partial charge on any atom is 0.302 e. The van der Waals surface area contributed by atoms with Crippen LogP contribution in [0.2, 0.25) is 5.02 Å². The summed E-state index contributed by atoms with van der Waals surface area (Å²) in [4.78, 5) is 52.1. The number of hydrogen-bond donors (Lipinski definition) is 2. The van der Waals surface area contributed by atoms with E-state index in [0.29, 0.717) is 27.4 Å². The van der Waals surface area contributed by atoms with E-state index in [2.05, 4.69) is 10.6 Å². The number of benzene rings is 3. The lowest BCUT2D eigenvalue weighted by atomic mass is 9.92. The zero-order chi connectivity index (χ0) is 32.7. The molecule has 0 saturated carbocycles. The summed E-state index contributed by atoms with van der Waals surface area (Å²) in [6, 6.07) is 18.6. The molecule has 238 valence electrons. The van der Waals surface area contributed by atoms with Crippen molar-refractivity contribution in [2.75, 3.05) is 18.1 Å². The van der Waals surface area contributed by atoms with Gasteiger partial charge in [0, 0.05) is 60.7 Å². The summed E-state index contributed by atoms with van der Waals surface area (Å²) in [6.07, 6.45) is -2.38. The van der Waals surface area contributed by atoms with Crippen molar-refractivity contribution in [3.63, 3.8) is 0 Å². The van der Waals surface area contributed by atoms with Crippen LogP contribution in [0.4, 0.5) is 10.1 Å². The van der Waals surface area contributed by atoms with Gasteiger partial charge in [-0.15, -0.1) is 0 Å². The van der Waals surface area contributed by atoms with Crippen LogP contribution in [0.5, 0.6) is 0 Å². The molecule has 2 unspecified atom stereocenters. The molecule has 45 heavy (non-hydrogen) atoms. The minimum absolute atomic E-state index is 0.0539. The van der Waals surface area contributed by atoms with Gasteiger partial charge in [0.2, 0.25) is 11.8 Å². The first kappa shape index (κ1) is 33.6. The number of amides is 3. The molecule has 0 bridgehead atoms. The van der Waals surface area contributed by atoms with Crippen molar-refractivity contribution < 1.29 is 33.0 Å². The van der Waals surface area contributed by atoms with Crippen LogP contribution in [0.25, 0.3) is 0 Å². The van der Waals surface area contributed by atoms with E-state index in [1.807, 2.05) is 38.1 Å². The number of fused-ring (bicyclic) bond motifs is 1. The molecule has 0 spiro atoms. The summed E-state index contributed by atoms with van der Waals surface area (Å²) < 4.78 is 26.0. The molecule has 11 heteroatoms. The molecular weight excluding hydrogens is 601 g/mol. The van der Waals surface area contributed by atoms with E-state index in [-0.39, 0.29) is 38.6 Å². The van der Waals surface area contributed by atoms with Gasteiger partial charge in [-0.3, -0.25) is 19.2 Å². The van der Waals surface area contributed by atoms with Crippen LogP contribution < -0.4 is 15.5 Å². The minimum atomic E-state index is -1.23.